The quantitative estimate of drug-likeness (QED) is 0.723. The van der Waals surface area contributed by atoms with Crippen molar-refractivity contribution >= 4 is 5.78 Å². The number of hydrogen-bond donors (Lipinski definition) is 0. The summed E-state index contributed by atoms with van der Waals surface area (Å²) in [6.07, 6.45) is 5.59. The third-order valence-corrected chi connectivity index (χ3v) is 3.19. The first-order chi connectivity index (χ1) is 8.29. The third-order valence-electron chi connectivity index (χ3n) is 3.19. The summed E-state index contributed by atoms with van der Waals surface area (Å²) in [5.41, 5.74) is 2.48. The van der Waals surface area contributed by atoms with Crippen LogP contribution in [0.25, 0.3) is 0 Å². The standard InChI is InChI=1S/C15H19NO/c1-2-15(17)11-13-7-3-4-8-14(13)12-16-9-5-6-10-16/h3-8H,2,9-12H2,1H3. The van der Waals surface area contributed by atoms with E-state index in [0.29, 0.717) is 18.6 Å². The summed E-state index contributed by atoms with van der Waals surface area (Å²) in [6, 6.07) is 8.28. The molecule has 0 atom stereocenters. The van der Waals surface area contributed by atoms with Gasteiger partial charge in [-0.15, -0.1) is 0 Å². The van der Waals surface area contributed by atoms with Crippen molar-refractivity contribution in [3.05, 3.63) is 47.5 Å². The molecule has 1 heterocycles. The number of carbonyl (C=O) groups is 1. The fourth-order valence-electron chi connectivity index (χ4n) is 2.11. The van der Waals surface area contributed by atoms with Gasteiger partial charge in [-0.25, -0.2) is 0 Å². The van der Waals surface area contributed by atoms with Crippen molar-refractivity contribution in [3.8, 4) is 0 Å². The van der Waals surface area contributed by atoms with E-state index in [1.54, 1.807) is 0 Å². The van der Waals surface area contributed by atoms with Crippen LogP contribution in [0.1, 0.15) is 24.5 Å². The first-order valence-corrected chi connectivity index (χ1v) is 6.25. The van der Waals surface area contributed by atoms with Gasteiger partial charge in [0.1, 0.15) is 5.78 Å². The highest BCUT2D eigenvalue weighted by atomic mass is 16.1. The summed E-state index contributed by atoms with van der Waals surface area (Å²) in [5, 5.41) is 0. The first-order valence-electron chi connectivity index (χ1n) is 6.25. The van der Waals surface area contributed by atoms with Crippen LogP contribution in [0.5, 0.6) is 0 Å². The number of Topliss-reactive ketones (excluding diaryl/α,β-unsaturated/α-hetero) is 1. The van der Waals surface area contributed by atoms with Gasteiger partial charge in [-0.3, -0.25) is 9.69 Å². The molecule has 0 unspecified atom stereocenters. The van der Waals surface area contributed by atoms with Crippen LogP contribution in [0.3, 0.4) is 0 Å². The van der Waals surface area contributed by atoms with E-state index < -0.39 is 0 Å². The molecule has 0 amide bonds. The molecule has 0 bridgehead atoms. The summed E-state index contributed by atoms with van der Waals surface area (Å²) < 4.78 is 0. The molecule has 0 N–H and O–H groups in total. The highest BCUT2D eigenvalue weighted by Crippen LogP contribution is 2.14. The Balaban J connectivity index is 2.07. The largest absolute Gasteiger partial charge is 0.299 e. The van der Waals surface area contributed by atoms with Gasteiger partial charge in [0.05, 0.1) is 0 Å². The Morgan fingerprint density at radius 3 is 2.47 bits per heavy atom. The molecule has 0 aromatic heterocycles. The van der Waals surface area contributed by atoms with Crippen molar-refractivity contribution in [1.82, 2.24) is 4.90 Å². The minimum Gasteiger partial charge on any atom is -0.299 e. The van der Waals surface area contributed by atoms with Crippen LogP contribution in [0.4, 0.5) is 0 Å². The van der Waals surface area contributed by atoms with Gasteiger partial charge in [-0.1, -0.05) is 43.3 Å². The molecule has 17 heavy (non-hydrogen) atoms. The van der Waals surface area contributed by atoms with Gasteiger partial charge < -0.3 is 0 Å². The smallest absolute Gasteiger partial charge is 0.137 e. The maximum Gasteiger partial charge on any atom is 0.137 e. The zero-order valence-electron chi connectivity index (χ0n) is 10.4. The van der Waals surface area contributed by atoms with Crippen molar-refractivity contribution in [3.63, 3.8) is 0 Å². The van der Waals surface area contributed by atoms with Crippen LogP contribution in [0, 0.1) is 0 Å². The van der Waals surface area contributed by atoms with Crippen molar-refractivity contribution < 1.29 is 4.79 Å². The molecule has 1 aliphatic rings. The number of rotatable bonds is 5. The molecule has 2 nitrogen and oxygen atoms in total. The van der Waals surface area contributed by atoms with Gasteiger partial charge in [0.2, 0.25) is 0 Å². The van der Waals surface area contributed by atoms with Gasteiger partial charge in [-0.05, 0) is 11.1 Å². The average Bonchev–Trinajstić information content (AvgIpc) is 2.84. The zero-order chi connectivity index (χ0) is 12.1. The minimum absolute atomic E-state index is 0.317. The SMILES string of the molecule is CCC(=O)Cc1ccccc1CN1CC=CC1. The second-order valence-corrected chi connectivity index (χ2v) is 4.50. The van der Waals surface area contributed by atoms with E-state index in [1.807, 2.05) is 13.0 Å². The second kappa shape index (κ2) is 5.78. The number of benzene rings is 1. The minimum atomic E-state index is 0.317. The number of hydrogen-bond acceptors (Lipinski definition) is 2. The molecule has 2 rings (SSSR count). The molecule has 0 aliphatic carbocycles. The van der Waals surface area contributed by atoms with E-state index in [2.05, 4.69) is 35.3 Å². The molecule has 1 aromatic carbocycles. The fourth-order valence-corrected chi connectivity index (χ4v) is 2.11. The predicted octanol–water partition coefficient (Wildman–Crippen LogP) is 2.58. The Labute approximate surface area is 103 Å². The molecular weight excluding hydrogens is 210 g/mol. The van der Waals surface area contributed by atoms with Crippen LogP contribution in [0.15, 0.2) is 36.4 Å². The van der Waals surface area contributed by atoms with Gasteiger partial charge in [0.15, 0.2) is 0 Å². The molecule has 0 spiro atoms. The molecule has 1 aromatic rings. The highest BCUT2D eigenvalue weighted by molar-refractivity contribution is 5.80. The molecular formula is C15H19NO. The Kier molecular flexibility index (Phi) is 4.10. The Morgan fingerprint density at radius 1 is 1.18 bits per heavy atom. The van der Waals surface area contributed by atoms with Crippen molar-refractivity contribution in [2.24, 2.45) is 0 Å². The molecule has 2 heteroatoms. The number of ketones is 1. The molecule has 90 valence electrons. The van der Waals surface area contributed by atoms with Crippen molar-refractivity contribution in [2.45, 2.75) is 26.3 Å². The van der Waals surface area contributed by atoms with Gasteiger partial charge in [0.25, 0.3) is 0 Å². The van der Waals surface area contributed by atoms with E-state index >= 15 is 0 Å². The lowest BCUT2D eigenvalue weighted by molar-refractivity contribution is -0.118. The molecule has 0 radical (unpaired) electrons. The lowest BCUT2D eigenvalue weighted by Crippen LogP contribution is -2.20. The summed E-state index contributed by atoms with van der Waals surface area (Å²) in [7, 11) is 0. The number of nitrogens with zero attached hydrogens (tertiary/aromatic N) is 1. The third kappa shape index (κ3) is 3.27. The Morgan fingerprint density at radius 2 is 1.82 bits per heavy atom. The van der Waals surface area contributed by atoms with E-state index in [9.17, 15) is 4.79 Å². The van der Waals surface area contributed by atoms with E-state index in [0.717, 1.165) is 19.6 Å². The van der Waals surface area contributed by atoms with Gasteiger partial charge in [-0.2, -0.15) is 0 Å². The average molecular weight is 229 g/mol. The first kappa shape index (κ1) is 12.1. The summed E-state index contributed by atoms with van der Waals surface area (Å²) >= 11 is 0. The lowest BCUT2D eigenvalue weighted by atomic mass is 10.0. The molecule has 1 aliphatic heterocycles. The lowest BCUT2D eigenvalue weighted by Gasteiger charge is -2.17. The van der Waals surface area contributed by atoms with Crippen molar-refractivity contribution in [2.75, 3.05) is 13.1 Å². The fraction of sp³-hybridized carbons (Fsp3) is 0.400. The maximum atomic E-state index is 11.5. The Hall–Kier alpha value is -1.41. The summed E-state index contributed by atoms with van der Waals surface area (Å²) in [4.78, 5) is 13.9. The molecule has 0 saturated heterocycles. The summed E-state index contributed by atoms with van der Waals surface area (Å²) in [5.74, 6) is 0.317. The van der Waals surface area contributed by atoms with Crippen LogP contribution in [0.2, 0.25) is 0 Å². The topological polar surface area (TPSA) is 20.3 Å². The monoisotopic (exact) mass is 229 g/mol. The van der Waals surface area contributed by atoms with Crippen LogP contribution in [-0.2, 0) is 17.8 Å². The van der Waals surface area contributed by atoms with Crippen molar-refractivity contribution in [1.29, 1.82) is 0 Å². The van der Waals surface area contributed by atoms with E-state index in [1.165, 1.54) is 11.1 Å². The van der Waals surface area contributed by atoms with Crippen LogP contribution >= 0.6 is 0 Å². The maximum absolute atomic E-state index is 11.5. The highest BCUT2D eigenvalue weighted by Gasteiger charge is 2.11. The van der Waals surface area contributed by atoms with E-state index in [4.69, 9.17) is 0 Å². The number of carbonyl (C=O) groups excluding carboxylic acids is 1. The van der Waals surface area contributed by atoms with Crippen LogP contribution in [-0.4, -0.2) is 23.8 Å². The van der Waals surface area contributed by atoms with Crippen LogP contribution < -0.4 is 0 Å². The predicted molar refractivity (Wildman–Crippen MR) is 69.9 cm³/mol. The normalized spacial score (nSPS) is 15.4. The molecule has 0 fully saturated rings. The zero-order valence-corrected chi connectivity index (χ0v) is 10.4. The summed E-state index contributed by atoms with van der Waals surface area (Å²) in [6.45, 7) is 4.92. The van der Waals surface area contributed by atoms with E-state index in [-0.39, 0.29) is 0 Å². The van der Waals surface area contributed by atoms with Gasteiger partial charge >= 0.3 is 0 Å². The van der Waals surface area contributed by atoms with Gasteiger partial charge in [0, 0.05) is 32.5 Å². The molecule has 0 saturated carbocycles. The second-order valence-electron chi connectivity index (χ2n) is 4.50. The Bertz CT molecular complexity index is 415.